The van der Waals surface area contributed by atoms with Gasteiger partial charge in [0.05, 0.1) is 17.8 Å². The molecule has 1 aromatic heterocycles. The molecule has 14 heavy (non-hydrogen) atoms. The SMILES string of the molecule is COC(=O)c1cnc(Cl)c(N=C=S)c1. The number of rotatable bonds is 2. The fraction of sp³-hybridized carbons (Fsp3) is 0.125. The molecule has 0 aromatic carbocycles. The monoisotopic (exact) mass is 228 g/mol. The molecular weight excluding hydrogens is 224 g/mol. The number of nitrogens with zero attached hydrogens (tertiary/aromatic N) is 2. The van der Waals surface area contributed by atoms with Crippen LogP contribution in [-0.4, -0.2) is 23.2 Å². The Bertz CT molecular complexity index is 416. The van der Waals surface area contributed by atoms with Crippen LogP contribution in [0.3, 0.4) is 0 Å². The standard InChI is InChI=1S/C8H5ClN2O2S/c1-13-8(12)5-2-6(11-4-14)7(9)10-3-5/h2-3H,1H3. The highest BCUT2D eigenvalue weighted by molar-refractivity contribution is 7.78. The van der Waals surface area contributed by atoms with E-state index in [2.05, 4.69) is 32.1 Å². The fourth-order valence-corrected chi connectivity index (χ4v) is 1.04. The summed E-state index contributed by atoms with van der Waals surface area (Å²) in [5.41, 5.74) is 0.561. The summed E-state index contributed by atoms with van der Waals surface area (Å²) >= 11 is 10.1. The number of isothiocyanates is 1. The van der Waals surface area contributed by atoms with Crippen molar-refractivity contribution in [1.82, 2.24) is 4.98 Å². The van der Waals surface area contributed by atoms with Crippen LogP contribution >= 0.6 is 23.8 Å². The van der Waals surface area contributed by atoms with E-state index in [9.17, 15) is 4.79 Å². The van der Waals surface area contributed by atoms with Gasteiger partial charge in [0, 0.05) is 6.20 Å². The Morgan fingerprint density at radius 3 is 3.07 bits per heavy atom. The summed E-state index contributed by atoms with van der Waals surface area (Å²) in [5, 5.41) is 2.30. The molecule has 0 fully saturated rings. The van der Waals surface area contributed by atoms with Gasteiger partial charge in [-0.15, -0.1) is 0 Å². The lowest BCUT2D eigenvalue weighted by Crippen LogP contribution is -2.01. The molecule has 0 amide bonds. The molecule has 1 aromatic rings. The zero-order chi connectivity index (χ0) is 10.6. The quantitative estimate of drug-likeness (QED) is 0.337. The van der Waals surface area contributed by atoms with Crippen molar-refractivity contribution in [3.63, 3.8) is 0 Å². The van der Waals surface area contributed by atoms with E-state index < -0.39 is 5.97 Å². The first-order valence-corrected chi connectivity index (χ1v) is 4.29. The Hall–Kier alpha value is -1.29. The van der Waals surface area contributed by atoms with Crippen LogP contribution in [0, 0.1) is 0 Å². The van der Waals surface area contributed by atoms with Gasteiger partial charge in [-0.25, -0.2) is 9.78 Å². The van der Waals surface area contributed by atoms with Gasteiger partial charge in [0.2, 0.25) is 0 Å². The van der Waals surface area contributed by atoms with Crippen molar-refractivity contribution in [1.29, 1.82) is 0 Å². The molecule has 1 heterocycles. The maximum absolute atomic E-state index is 11.1. The van der Waals surface area contributed by atoms with E-state index in [1.807, 2.05) is 0 Å². The molecule has 0 radical (unpaired) electrons. The molecule has 1 rings (SSSR count). The molecule has 0 saturated heterocycles. The van der Waals surface area contributed by atoms with E-state index in [0.717, 1.165) is 0 Å². The van der Waals surface area contributed by atoms with Crippen LogP contribution < -0.4 is 0 Å². The second-order valence-corrected chi connectivity index (χ2v) is 2.77. The molecule has 0 aliphatic heterocycles. The number of aromatic nitrogens is 1. The molecule has 0 spiro atoms. The van der Waals surface area contributed by atoms with Gasteiger partial charge in [-0.2, -0.15) is 4.99 Å². The molecule has 6 heteroatoms. The van der Waals surface area contributed by atoms with Crippen LogP contribution in [0.15, 0.2) is 17.3 Å². The summed E-state index contributed by atoms with van der Waals surface area (Å²) in [6.45, 7) is 0. The van der Waals surface area contributed by atoms with Crippen LogP contribution in [-0.2, 0) is 4.74 Å². The Morgan fingerprint density at radius 1 is 1.79 bits per heavy atom. The number of pyridine rings is 1. The van der Waals surface area contributed by atoms with Crippen molar-refractivity contribution >= 4 is 40.6 Å². The maximum Gasteiger partial charge on any atom is 0.339 e. The number of ether oxygens (including phenoxy) is 1. The number of carbonyl (C=O) groups excluding carboxylic acids is 1. The first-order chi connectivity index (χ1) is 6.69. The van der Waals surface area contributed by atoms with E-state index in [1.165, 1.54) is 19.4 Å². The summed E-state index contributed by atoms with van der Waals surface area (Å²) in [7, 11) is 1.28. The highest BCUT2D eigenvalue weighted by atomic mass is 35.5. The normalized spacial score (nSPS) is 9.00. The molecule has 4 nitrogen and oxygen atoms in total. The summed E-state index contributed by atoms with van der Waals surface area (Å²) in [6, 6.07) is 1.43. The van der Waals surface area contributed by atoms with Gasteiger partial charge >= 0.3 is 5.97 Å². The summed E-state index contributed by atoms with van der Waals surface area (Å²) in [6.07, 6.45) is 1.30. The van der Waals surface area contributed by atoms with Gasteiger partial charge in [-0.1, -0.05) is 11.6 Å². The van der Waals surface area contributed by atoms with Crippen molar-refractivity contribution in [3.05, 3.63) is 23.0 Å². The predicted octanol–water partition coefficient (Wildman–Crippen LogP) is 2.26. The van der Waals surface area contributed by atoms with Crippen molar-refractivity contribution in [2.45, 2.75) is 0 Å². The van der Waals surface area contributed by atoms with Gasteiger partial charge in [0.1, 0.15) is 5.69 Å². The van der Waals surface area contributed by atoms with Crippen molar-refractivity contribution in [2.24, 2.45) is 4.99 Å². The number of aliphatic imine (C=N–C) groups is 1. The fourth-order valence-electron chi connectivity index (χ4n) is 0.794. The predicted molar refractivity (Wildman–Crippen MR) is 55.3 cm³/mol. The van der Waals surface area contributed by atoms with Crippen molar-refractivity contribution in [3.8, 4) is 0 Å². The Balaban J connectivity index is 3.18. The lowest BCUT2D eigenvalue weighted by atomic mass is 10.3. The summed E-state index contributed by atoms with van der Waals surface area (Å²) < 4.78 is 4.50. The number of thiocarbonyl (C=S) groups is 1. The zero-order valence-corrected chi connectivity index (χ0v) is 8.72. The molecule has 0 bridgehead atoms. The van der Waals surface area contributed by atoms with Crippen molar-refractivity contribution < 1.29 is 9.53 Å². The molecule has 0 atom stereocenters. The summed E-state index contributed by atoms with van der Waals surface area (Å²) in [5.74, 6) is -0.505. The lowest BCUT2D eigenvalue weighted by molar-refractivity contribution is 0.0600. The van der Waals surface area contributed by atoms with Crippen molar-refractivity contribution in [2.75, 3.05) is 7.11 Å². The van der Waals surface area contributed by atoms with Crippen LogP contribution in [0.4, 0.5) is 5.69 Å². The van der Waals surface area contributed by atoms with Gasteiger partial charge in [-0.05, 0) is 18.3 Å². The van der Waals surface area contributed by atoms with E-state index in [-0.39, 0.29) is 10.7 Å². The molecular formula is C8H5ClN2O2S. The Labute approximate surface area is 90.6 Å². The zero-order valence-electron chi connectivity index (χ0n) is 7.15. The van der Waals surface area contributed by atoms with E-state index in [0.29, 0.717) is 5.69 Å². The second-order valence-electron chi connectivity index (χ2n) is 2.23. The lowest BCUT2D eigenvalue weighted by Gasteiger charge is -2.00. The third-order valence-electron chi connectivity index (χ3n) is 1.41. The topological polar surface area (TPSA) is 51.5 Å². The van der Waals surface area contributed by atoms with E-state index in [4.69, 9.17) is 11.6 Å². The summed E-state index contributed by atoms with van der Waals surface area (Å²) in [4.78, 5) is 18.5. The number of esters is 1. The average Bonchev–Trinajstić information content (AvgIpc) is 2.20. The number of methoxy groups -OCH3 is 1. The van der Waals surface area contributed by atoms with E-state index in [1.54, 1.807) is 0 Å². The largest absolute Gasteiger partial charge is 0.465 e. The molecule has 0 unspecified atom stereocenters. The minimum absolute atomic E-state index is 0.162. The molecule has 0 N–H and O–H groups in total. The van der Waals surface area contributed by atoms with Crippen LogP contribution in [0.5, 0.6) is 0 Å². The van der Waals surface area contributed by atoms with Crippen LogP contribution in [0.1, 0.15) is 10.4 Å². The van der Waals surface area contributed by atoms with Gasteiger partial charge < -0.3 is 4.74 Å². The average molecular weight is 229 g/mol. The van der Waals surface area contributed by atoms with Gasteiger partial charge in [-0.3, -0.25) is 0 Å². The Morgan fingerprint density at radius 2 is 2.50 bits per heavy atom. The molecule has 0 saturated carbocycles. The first-order valence-electron chi connectivity index (χ1n) is 3.50. The first kappa shape index (κ1) is 10.8. The molecule has 0 aliphatic carbocycles. The van der Waals surface area contributed by atoms with Crippen LogP contribution in [0.25, 0.3) is 0 Å². The third-order valence-corrected chi connectivity index (χ3v) is 1.79. The van der Waals surface area contributed by atoms with Gasteiger partial charge in [0.25, 0.3) is 0 Å². The smallest absolute Gasteiger partial charge is 0.339 e. The minimum Gasteiger partial charge on any atom is -0.465 e. The number of carbonyl (C=O) groups is 1. The molecule has 0 aliphatic rings. The number of halogens is 1. The number of hydrogen-bond donors (Lipinski definition) is 0. The number of hydrogen-bond acceptors (Lipinski definition) is 5. The maximum atomic E-state index is 11.1. The molecule has 72 valence electrons. The van der Waals surface area contributed by atoms with Gasteiger partial charge in [0.15, 0.2) is 5.15 Å². The van der Waals surface area contributed by atoms with Crippen LogP contribution in [0.2, 0.25) is 5.15 Å². The minimum atomic E-state index is -0.505. The second kappa shape index (κ2) is 4.81. The Kier molecular flexibility index (Phi) is 3.71. The third kappa shape index (κ3) is 2.35. The highest BCUT2D eigenvalue weighted by Crippen LogP contribution is 2.22. The highest BCUT2D eigenvalue weighted by Gasteiger charge is 2.09. The van der Waals surface area contributed by atoms with E-state index >= 15 is 0 Å².